The van der Waals surface area contributed by atoms with E-state index in [2.05, 4.69) is 10.6 Å². The number of nitrogens with zero attached hydrogens (tertiary/aromatic N) is 2. The largest absolute Gasteiger partial charge is 0.467 e. The summed E-state index contributed by atoms with van der Waals surface area (Å²) in [6.07, 6.45) is 6.58. The molecule has 5 amide bonds. The van der Waals surface area contributed by atoms with Crippen LogP contribution in [0.1, 0.15) is 24.2 Å². The summed E-state index contributed by atoms with van der Waals surface area (Å²) in [7, 11) is 0. The molecule has 10 nitrogen and oxygen atoms in total. The van der Waals surface area contributed by atoms with Crippen LogP contribution >= 0.6 is 0 Å². The standard InChI is InChI=1S/C25H24N4O6/c30-22(26-12-17-5-3-9-34-17)15-28-13-16(19-7-1-2-8-21(19)28)11-20-23(31)27-25(33)29(24(20)32)14-18-6-4-10-35-18/h1-2,4,6-8,10-11,13,17H,3,5,9,12,14-15H2,(H,26,30)(H,27,31,33)/b20-11+/t17-/m1/s1. The molecule has 2 saturated heterocycles. The van der Waals surface area contributed by atoms with Crippen molar-refractivity contribution >= 4 is 40.7 Å². The van der Waals surface area contributed by atoms with Crippen molar-refractivity contribution in [2.75, 3.05) is 13.2 Å². The lowest BCUT2D eigenvalue weighted by atomic mass is 10.1. The van der Waals surface area contributed by atoms with Crippen LogP contribution in [0, 0.1) is 0 Å². The molecule has 2 aliphatic rings. The number of fused-ring (bicyclic) bond motifs is 1. The van der Waals surface area contributed by atoms with Crippen LogP contribution in [-0.4, -0.2) is 52.5 Å². The van der Waals surface area contributed by atoms with Crippen LogP contribution in [0.3, 0.4) is 0 Å². The first-order valence-corrected chi connectivity index (χ1v) is 11.4. The fourth-order valence-electron chi connectivity index (χ4n) is 4.32. The van der Waals surface area contributed by atoms with Gasteiger partial charge in [-0.25, -0.2) is 4.79 Å². The van der Waals surface area contributed by atoms with E-state index in [-0.39, 0.29) is 30.7 Å². The molecule has 0 spiro atoms. The number of urea groups is 1. The van der Waals surface area contributed by atoms with E-state index >= 15 is 0 Å². The Kier molecular flexibility index (Phi) is 6.19. The second-order valence-corrected chi connectivity index (χ2v) is 8.46. The zero-order valence-electron chi connectivity index (χ0n) is 18.9. The van der Waals surface area contributed by atoms with Crippen molar-refractivity contribution in [2.45, 2.75) is 32.0 Å². The maximum atomic E-state index is 13.1. The van der Waals surface area contributed by atoms with Crippen molar-refractivity contribution in [3.05, 3.63) is 65.8 Å². The van der Waals surface area contributed by atoms with Gasteiger partial charge in [0.05, 0.1) is 18.9 Å². The molecule has 4 heterocycles. The Hall–Kier alpha value is -4.18. The van der Waals surface area contributed by atoms with E-state index < -0.39 is 17.8 Å². The minimum absolute atomic E-state index is 0.0447. The Morgan fingerprint density at radius 2 is 2.03 bits per heavy atom. The van der Waals surface area contributed by atoms with Gasteiger partial charge in [0.15, 0.2) is 0 Å². The normalized spacial score (nSPS) is 19.5. The summed E-state index contributed by atoms with van der Waals surface area (Å²) >= 11 is 0. The number of aromatic nitrogens is 1. The number of hydrogen-bond acceptors (Lipinski definition) is 6. The second-order valence-electron chi connectivity index (χ2n) is 8.46. The number of rotatable bonds is 7. The number of nitrogens with one attached hydrogen (secondary N) is 2. The zero-order valence-corrected chi connectivity index (χ0v) is 18.9. The lowest BCUT2D eigenvalue weighted by Gasteiger charge is -2.25. The molecule has 1 atom stereocenters. The summed E-state index contributed by atoms with van der Waals surface area (Å²) in [5, 5.41) is 5.88. The van der Waals surface area contributed by atoms with Crippen molar-refractivity contribution in [1.82, 2.24) is 20.1 Å². The molecule has 0 saturated carbocycles. The topological polar surface area (TPSA) is 123 Å². The predicted octanol–water partition coefficient (Wildman–Crippen LogP) is 2.19. The van der Waals surface area contributed by atoms with E-state index in [0.717, 1.165) is 35.3 Å². The van der Waals surface area contributed by atoms with Gasteiger partial charge < -0.3 is 19.0 Å². The molecule has 2 aliphatic heterocycles. The van der Waals surface area contributed by atoms with Gasteiger partial charge in [-0.3, -0.25) is 24.6 Å². The van der Waals surface area contributed by atoms with E-state index in [0.29, 0.717) is 17.9 Å². The lowest BCUT2D eigenvalue weighted by Crippen LogP contribution is -2.53. The van der Waals surface area contributed by atoms with E-state index in [4.69, 9.17) is 9.15 Å². The number of carbonyl (C=O) groups excluding carboxylic acids is 4. The highest BCUT2D eigenvalue weighted by atomic mass is 16.5. The van der Waals surface area contributed by atoms with E-state index in [1.807, 2.05) is 24.3 Å². The van der Waals surface area contributed by atoms with Crippen molar-refractivity contribution in [1.29, 1.82) is 0 Å². The predicted molar refractivity (Wildman–Crippen MR) is 125 cm³/mol. The van der Waals surface area contributed by atoms with Crippen LogP contribution in [0.15, 0.2) is 58.8 Å². The fraction of sp³-hybridized carbons (Fsp3) is 0.280. The number of imide groups is 2. The molecule has 180 valence electrons. The summed E-state index contributed by atoms with van der Waals surface area (Å²) in [5.74, 6) is -1.25. The monoisotopic (exact) mass is 476 g/mol. The molecule has 10 heteroatoms. The number of para-hydroxylation sites is 1. The highest BCUT2D eigenvalue weighted by Crippen LogP contribution is 2.25. The molecule has 5 rings (SSSR count). The van der Waals surface area contributed by atoms with Gasteiger partial charge in [-0.2, -0.15) is 0 Å². The first-order valence-electron chi connectivity index (χ1n) is 11.4. The second kappa shape index (κ2) is 9.59. The Morgan fingerprint density at radius 3 is 2.80 bits per heavy atom. The third kappa shape index (κ3) is 4.73. The van der Waals surface area contributed by atoms with E-state index in [1.165, 1.54) is 12.3 Å². The highest BCUT2D eigenvalue weighted by Gasteiger charge is 2.36. The number of benzene rings is 1. The van der Waals surface area contributed by atoms with Crippen molar-refractivity contribution in [2.24, 2.45) is 0 Å². The summed E-state index contributed by atoms with van der Waals surface area (Å²) in [4.78, 5) is 51.4. The Balaban J connectivity index is 1.40. The number of barbiturate groups is 1. The van der Waals surface area contributed by atoms with Gasteiger partial charge >= 0.3 is 6.03 Å². The number of hydrogen-bond donors (Lipinski definition) is 2. The smallest absolute Gasteiger partial charge is 0.331 e. The van der Waals surface area contributed by atoms with Gasteiger partial charge in [-0.05, 0) is 37.1 Å². The van der Waals surface area contributed by atoms with Gasteiger partial charge in [0.25, 0.3) is 11.8 Å². The van der Waals surface area contributed by atoms with Crippen LogP contribution in [0.25, 0.3) is 17.0 Å². The van der Waals surface area contributed by atoms with Gasteiger partial charge in [0, 0.05) is 35.8 Å². The molecule has 1 aromatic carbocycles. The quantitative estimate of drug-likeness (QED) is 0.398. The van der Waals surface area contributed by atoms with Gasteiger partial charge in [-0.15, -0.1) is 0 Å². The lowest BCUT2D eigenvalue weighted by molar-refractivity contribution is -0.130. The Morgan fingerprint density at radius 1 is 1.17 bits per heavy atom. The molecular weight excluding hydrogens is 452 g/mol. The number of carbonyl (C=O) groups is 4. The van der Waals surface area contributed by atoms with Gasteiger partial charge in [0.1, 0.15) is 17.9 Å². The summed E-state index contributed by atoms with van der Waals surface area (Å²) in [6.45, 7) is 1.15. The highest BCUT2D eigenvalue weighted by molar-refractivity contribution is 6.31. The molecule has 2 fully saturated rings. The zero-order chi connectivity index (χ0) is 24.4. The van der Waals surface area contributed by atoms with Crippen LogP contribution in [0.4, 0.5) is 4.79 Å². The van der Waals surface area contributed by atoms with E-state index in [9.17, 15) is 19.2 Å². The van der Waals surface area contributed by atoms with Gasteiger partial charge in [0.2, 0.25) is 5.91 Å². The Bertz CT molecular complexity index is 1320. The van der Waals surface area contributed by atoms with Crippen molar-refractivity contribution < 1.29 is 28.3 Å². The van der Waals surface area contributed by atoms with Crippen LogP contribution in [-0.2, 0) is 32.2 Å². The summed E-state index contributed by atoms with van der Waals surface area (Å²) < 4.78 is 12.6. The maximum Gasteiger partial charge on any atom is 0.331 e. The first kappa shape index (κ1) is 22.6. The first-order chi connectivity index (χ1) is 17.0. The molecule has 0 radical (unpaired) electrons. The molecule has 0 unspecified atom stereocenters. The SMILES string of the molecule is O=C(Cn1cc(/C=C2\C(=O)NC(=O)N(Cc3ccco3)C2=O)c2ccccc21)NC[C@H]1CCCO1. The average Bonchev–Trinajstić information content (AvgIpc) is 3.61. The van der Waals surface area contributed by atoms with Crippen LogP contribution in [0.2, 0.25) is 0 Å². The van der Waals surface area contributed by atoms with E-state index in [1.54, 1.807) is 22.9 Å². The van der Waals surface area contributed by atoms with Crippen molar-refractivity contribution in [3.63, 3.8) is 0 Å². The number of amides is 5. The average molecular weight is 476 g/mol. The molecule has 0 aliphatic carbocycles. The molecule has 35 heavy (non-hydrogen) atoms. The molecular formula is C25H24N4O6. The van der Waals surface area contributed by atoms with Gasteiger partial charge in [-0.1, -0.05) is 18.2 Å². The molecule has 3 aromatic rings. The molecule has 0 bridgehead atoms. The van der Waals surface area contributed by atoms with Crippen LogP contribution < -0.4 is 10.6 Å². The third-order valence-corrected chi connectivity index (χ3v) is 6.06. The summed E-state index contributed by atoms with van der Waals surface area (Å²) in [5.41, 5.74) is 1.18. The van der Waals surface area contributed by atoms with Crippen molar-refractivity contribution in [3.8, 4) is 0 Å². The van der Waals surface area contributed by atoms with Crippen LogP contribution in [0.5, 0.6) is 0 Å². The Labute approximate surface area is 200 Å². The molecule has 2 N–H and O–H groups in total. The summed E-state index contributed by atoms with van der Waals surface area (Å²) in [6, 6.07) is 9.87. The third-order valence-electron chi connectivity index (χ3n) is 6.06. The maximum absolute atomic E-state index is 13.1. The molecule has 2 aromatic heterocycles. The number of furan rings is 1. The minimum atomic E-state index is -0.807. The minimum Gasteiger partial charge on any atom is -0.467 e. The number of ether oxygens (including phenoxy) is 1. The fourth-order valence-corrected chi connectivity index (χ4v) is 4.32.